The summed E-state index contributed by atoms with van der Waals surface area (Å²) in [4.78, 5) is 17.1. The van der Waals surface area contributed by atoms with Crippen molar-refractivity contribution in [2.45, 2.75) is 51.1 Å². The molecule has 3 rings (SSSR count). The van der Waals surface area contributed by atoms with E-state index >= 15 is 0 Å². The van der Waals surface area contributed by atoms with Crippen molar-refractivity contribution in [1.82, 2.24) is 10.3 Å². The zero-order valence-electron chi connectivity index (χ0n) is 12.2. The van der Waals surface area contributed by atoms with Gasteiger partial charge in [-0.15, -0.1) is 0 Å². The molecule has 1 aromatic heterocycles. The lowest BCUT2D eigenvalue weighted by Crippen LogP contribution is -2.50. The van der Waals surface area contributed by atoms with Crippen molar-refractivity contribution in [1.29, 1.82) is 0 Å². The van der Waals surface area contributed by atoms with Gasteiger partial charge in [-0.1, -0.05) is 6.42 Å². The van der Waals surface area contributed by atoms with Crippen LogP contribution in [-0.2, 0) is 0 Å². The summed E-state index contributed by atoms with van der Waals surface area (Å²) in [7, 11) is 1.59. The van der Waals surface area contributed by atoms with E-state index in [9.17, 15) is 4.79 Å². The molecule has 3 heterocycles. The van der Waals surface area contributed by atoms with Gasteiger partial charge in [0.15, 0.2) is 5.78 Å². The average molecular weight is 274 g/mol. The number of nitrogens with one attached hydrogen (secondary N) is 1. The molecule has 2 aliphatic rings. The van der Waals surface area contributed by atoms with Crippen molar-refractivity contribution in [3.05, 3.63) is 23.4 Å². The Morgan fingerprint density at radius 1 is 1.30 bits per heavy atom. The van der Waals surface area contributed by atoms with Crippen LogP contribution in [0, 0.1) is 12.8 Å². The zero-order valence-corrected chi connectivity index (χ0v) is 12.2. The van der Waals surface area contributed by atoms with E-state index in [2.05, 4.69) is 10.3 Å². The Morgan fingerprint density at radius 3 is 2.60 bits per heavy atom. The van der Waals surface area contributed by atoms with Crippen LogP contribution in [0.2, 0.25) is 0 Å². The van der Waals surface area contributed by atoms with Crippen molar-refractivity contribution in [2.75, 3.05) is 7.11 Å². The molecule has 0 aliphatic carbocycles. The summed E-state index contributed by atoms with van der Waals surface area (Å²) in [6.07, 6.45) is 5.66. The fraction of sp³-hybridized carbons (Fsp3) is 0.625. The van der Waals surface area contributed by atoms with Gasteiger partial charge in [-0.3, -0.25) is 4.79 Å². The van der Waals surface area contributed by atoms with Crippen molar-refractivity contribution in [2.24, 2.45) is 5.92 Å². The van der Waals surface area contributed by atoms with Gasteiger partial charge in [0.2, 0.25) is 5.88 Å². The minimum atomic E-state index is 0.153. The highest BCUT2D eigenvalue weighted by atomic mass is 16.5. The topological polar surface area (TPSA) is 51.2 Å². The van der Waals surface area contributed by atoms with Crippen LogP contribution >= 0.6 is 0 Å². The minimum absolute atomic E-state index is 0.153. The third-order valence-electron chi connectivity index (χ3n) is 4.62. The lowest BCUT2D eigenvalue weighted by Gasteiger charge is -2.39. The summed E-state index contributed by atoms with van der Waals surface area (Å²) in [5.41, 5.74) is 1.54. The first-order valence-corrected chi connectivity index (χ1v) is 7.49. The summed E-state index contributed by atoms with van der Waals surface area (Å²) in [5.74, 6) is 0.984. The quantitative estimate of drug-likeness (QED) is 0.860. The van der Waals surface area contributed by atoms with Crippen LogP contribution in [-0.4, -0.2) is 30.0 Å². The third-order valence-corrected chi connectivity index (χ3v) is 4.62. The second-order valence-electron chi connectivity index (χ2n) is 6.01. The molecule has 1 aromatic rings. The highest BCUT2D eigenvalue weighted by Crippen LogP contribution is 2.32. The molecule has 4 nitrogen and oxygen atoms in total. The molecule has 0 spiro atoms. The van der Waals surface area contributed by atoms with Gasteiger partial charge in [-0.2, -0.15) is 0 Å². The average Bonchev–Trinajstić information content (AvgIpc) is 2.46. The van der Waals surface area contributed by atoms with Crippen molar-refractivity contribution >= 4 is 5.78 Å². The van der Waals surface area contributed by atoms with Crippen LogP contribution in [0.25, 0.3) is 0 Å². The number of fused-ring (bicyclic) bond motifs is 2. The van der Waals surface area contributed by atoms with E-state index in [4.69, 9.17) is 4.74 Å². The predicted octanol–water partition coefficient (Wildman–Crippen LogP) is 2.50. The van der Waals surface area contributed by atoms with Gasteiger partial charge in [0, 0.05) is 29.6 Å². The van der Waals surface area contributed by atoms with Crippen LogP contribution < -0.4 is 10.1 Å². The van der Waals surface area contributed by atoms with Crippen LogP contribution in [0.3, 0.4) is 0 Å². The lowest BCUT2D eigenvalue weighted by molar-refractivity contribution is 0.0824. The number of methoxy groups -OCH3 is 1. The van der Waals surface area contributed by atoms with Crippen LogP contribution in [0.1, 0.15) is 48.2 Å². The number of carbonyl (C=O) groups excluding carboxylic acids is 1. The molecule has 20 heavy (non-hydrogen) atoms. The maximum atomic E-state index is 12.7. The SMILES string of the molecule is COc1ccc(C(=O)C2CC3CCCC(C2)N3)c(C)n1. The van der Waals surface area contributed by atoms with Crippen molar-refractivity contribution in [3.63, 3.8) is 0 Å². The summed E-state index contributed by atoms with van der Waals surface area (Å²) >= 11 is 0. The second kappa shape index (κ2) is 5.52. The summed E-state index contributed by atoms with van der Waals surface area (Å²) in [5, 5.41) is 3.63. The summed E-state index contributed by atoms with van der Waals surface area (Å²) in [6, 6.07) is 4.70. The molecule has 2 unspecified atom stereocenters. The Hall–Kier alpha value is -1.42. The fourth-order valence-electron chi connectivity index (χ4n) is 3.61. The minimum Gasteiger partial charge on any atom is -0.481 e. The molecule has 1 N–H and O–H groups in total. The predicted molar refractivity (Wildman–Crippen MR) is 77.1 cm³/mol. The third kappa shape index (κ3) is 2.57. The van der Waals surface area contributed by atoms with Crippen LogP contribution in [0.5, 0.6) is 5.88 Å². The lowest BCUT2D eigenvalue weighted by atomic mass is 9.77. The number of rotatable bonds is 3. The van der Waals surface area contributed by atoms with Crippen LogP contribution in [0.15, 0.2) is 12.1 Å². The highest BCUT2D eigenvalue weighted by molar-refractivity contribution is 5.99. The highest BCUT2D eigenvalue weighted by Gasteiger charge is 2.35. The van der Waals surface area contributed by atoms with E-state index in [0.717, 1.165) is 24.1 Å². The van der Waals surface area contributed by atoms with Gasteiger partial charge < -0.3 is 10.1 Å². The van der Waals surface area contributed by atoms with E-state index in [0.29, 0.717) is 18.0 Å². The first-order chi connectivity index (χ1) is 9.67. The number of ketones is 1. The number of aryl methyl sites for hydroxylation is 1. The number of pyridine rings is 1. The molecule has 0 amide bonds. The van der Waals surface area contributed by atoms with E-state index in [1.165, 1.54) is 19.3 Å². The molecule has 0 aromatic carbocycles. The maximum absolute atomic E-state index is 12.7. The van der Waals surface area contributed by atoms with Gasteiger partial charge >= 0.3 is 0 Å². The zero-order chi connectivity index (χ0) is 14.1. The van der Waals surface area contributed by atoms with Gasteiger partial charge in [0.05, 0.1) is 12.8 Å². The largest absolute Gasteiger partial charge is 0.481 e. The molecule has 2 bridgehead atoms. The Morgan fingerprint density at radius 2 is 2.00 bits per heavy atom. The number of hydrogen-bond acceptors (Lipinski definition) is 4. The number of aromatic nitrogens is 1. The standard InChI is InChI=1S/C16H22N2O2/c1-10-14(6-7-15(17-10)20-2)16(19)11-8-12-4-3-5-13(9-11)18-12/h6-7,11-13,18H,3-5,8-9H2,1-2H3. The van der Waals surface area contributed by atoms with Crippen molar-refractivity contribution < 1.29 is 9.53 Å². The number of piperidine rings is 2. The maximum Gasteiger partial charge on any atom is 0.213 e. The van der Waals surface area contributed by atoms with E-state index in [1.54, 1.807) is 13.2 Å². The molecule has 2 aliphatic heterocycles. The normalized spacial score (nSPS) is 29.0. The summed E-state index contributed by atoms with van der Waals surface area (Å²) in [6.45, 7) is 1.89. The summed E-state index contributed by atoms with van der Waals surface area (Å²) < 4.78 is 5.10. The molecule has 0 radical (unpaired) electrons. The Balaban J connectivity index is 1.78. The molecule has 2 saturated heterocycles. The Labute approximate surface area is 119 Å². The molecule has 2 atom stereocenters. The van der Waals surface area contributed by atoms with Gasteiger partial charge in [-0.25, -0.2) is 4.98 Å². The van der Waals surface area contributed by atoms with Crippen molar-refractivity contribution in [3.8, 4) is 5.88 Å². The van der Waals surface area contributed by atoms with Gasteiger partial charge in [0.25, 0.3) is 0 Å². The fourth-order valence-corrected chi connectivity index (χ4v) is 3.61. The van der Waals surface area contributed by atoms with E-state index in [-0.39, 0.29) is 11.7 Å². The first-order valence-electron chi connectivity index (χ1n) is 7.49. The Bertz CT molecular complexity index is 503. The number of carbonyl (C=O) groups is 1. The Kier molecular flexibility index (Phi) is 3.74. The molecule has 2 fully saturated rings. The molecule has 0 saturated carbocycles. The number of Topliss-reactive ketones (excluding diaryl/α,β-unsaturated/α-hetero) is 1. The van der Waals surface area contributed by atoms with Gasteiger partial charge in [0.1, 0.15) is 0 Å². The molecule has 4 heteroatoms. The first kappa shape index (κ1) is 13.6. The monoisotopic (exact) mass is 274 g/mol. The number of nitrogens with zero attached hydrogens (tertiary/aromatic N) is 1. The number of ether oxygens (including phenoxy) is 1. The molecular formula is C16H22N2O2. The van der Waals surface area contributed by atoms with E-state index < -0.39 is 0 Å². The smallest absolute Gasteiger partial charge is 0.213 e. The van der Waals surface area contributed by atoms with Gasteiger partial charge in [-0.05, 0) is 38.7 Å². The molecular weight excluding hydrogens is 252 g/mol. The molecule has 108 valence electrons. The number of hydrogen-bond donors (Lipinski definition) is 1. The second-order valence-corrected chi connectivity index (χ2v) is 6.01. The van der Waals surface area contributed by atoms with Crippen LogP contribution in [0.4, 0.5) is 0 Å². The van der Waals surface area contributed by atoms with E-state index in [1.807, 2.05) is 13.0 Å².